The molecule has 4 nitrogen and oxygen atoms in total. The molecule has 2 aromatic rings. The van der Waals surface area contributed by atoms with Gasteiger partial charge in [-0.2, -0.15) is 0 Å². The maximum atomic E-state index is 12.7. The highest BCUT2D eigenvalue weighted by Gasteiger charge is 2.34. The van der Waals surface area contributed by atoms with Crippen LogP contribution in [0.4, 0.5) is 0 Å². The van der Waals surface area contributed by atoms with E-state index in [0.717, 1.165) is 22.6 Å². The molecule has 1 N–H and O–H groups in total. The number of rotatable bonds is 4. The molecule has 0 bridgehead atoms. The third-order valence-electron chi connectivity index (χ3n) is 4.95. The molecular formula is C22H27NO3. The maximum absolute atomic E-state index is 12.7. The first-order valence-corrected chi connectivity index (χ1v) is 9.00. The number of ether oxygens (including phenoxy) is 2. The largest absolute Gasteiger partial charge is 0.497 e. The number of benzene rings is 2. The molecule has 0 fully saturated rings. The van der Waals surface area contributed by atoms with Crippen LogP contribution >= 0.6 is 0 Å². The highest BCUT2D eigenvalue weighted by molar-refractivity contribution is 5.79. The summed E-state index contributed by atoms with van der Waals surface area (Å²) in [5.74, 6) is 1.59. The van der Waals surface area contributed by atoms with Gasteiger partial charge in [0.2, 0.25) is 5.91 Å². The molecule has 0 radical (unpaired) electrons. The zero-order valence-corrected chi connectivity index (χ0v) is 16.2. The lowest BCUT2D eigenvalue weighted by Crippen LogP contribution is -2.41. The Morgan fingerprint density at radius 1 is 1.19 bits per heavy atom. The van der Waals surface area contributed by atoms with E-state index >= 15 is 0 Å². The van der Waals surface area contributed by atoms with Gasteiger partial charge in [0, 0.05) is 12.0 Å². The summed E-state index contributed by atoms with van der Waals surface area (Å²) in [7, 11) is 1.64. The van der Waals surface area contributed by atoms with E-state index in [-0.39, 0.29) is 17.6 Å². The summed E-state index contributed by atoms with van der Waals surface area (Å²) in [6, 6.07) is 11.8. The molecule has 0 unspecified atom stereocenters. The van der Waals surface area contributed by atoms with Crippen LogP contribution in [0.2, 0.25) is 0 Å². The summed E-state index contributed by atoms with van der Waals surface area (Å²) in [5, 5.41) is 3.19. The van der Waals surface area contributed by atoms with Crippen molar-refractivity contribution in [2.24, 2.45) is 0 Å². The number of methoxy groups -OCH3 is 1. The standard InChI is InChI=1S/C22H27NO3/c1-14-6-7-16(10-15(14)2)11-21(24)23-19-13-22(3,4)26-20-9-8-17(25-5)12-18(19)20/h6-10,12,19H,11,13H2,1-5H3,(H,23,24)/t19-/m1/s1. The van der Waals surface area contributed by atoms with Crippen LogP contribution in [0.3, 0.4) is 0 Å². The van der Waals surface area contributed by atoms with Gasteiger partial charge >= 0.3 is 0 Å². The Bertz CT molecular complexity index is 826. The van der Waals surface area contributed by atoms with Crippen LogP contribution in [0.1, 0.15) is 48.6 Å². The lowest BCUT2D eigenvalue weighted by atomic mass is 9.89. The number of aryl methyl sites for hydroxylation is 2. The summed E-state index contributed by atoms with van der Waals surface area (Å²) in [4.78, 5) is 12.7. The lowest BCUT2D eigenvalue weighted by molar-refractivity contribution is -0.121. The summed E-state index contributed by atoms with van der Waals surface area (Å²) in [6.07, 6.45) is 1.09. The Hall–Kier alpha value is -2.49. The van der Waals surface area contributed by atoms with Gasteiger partial charge in [-0.15, -0.1) is 0 Å². The Kier molecular flexibility index (Phi) is 4.94. The molecule has 0 aromatic heterocycles. The van der Waals surface area contributed by atoms with Crippen molar-refractivity contribution >= 4 is 5.91 Å². The fraction of sp³-hybridized carbons (Fsp3) is 0.409. The van der Waals surface area contributed by atoms with Crippen molar-refractivity contribution in [2.75, 3.05) is 7.11 Å². The van der Waals surface area contributed by atoms with Crippen LogP contribution in [-0.2, 0) is 11.2 Å². The van der Waals surface area contributed by atoms with Gasteiger partial charge in [0.05, 0.1) is 19.6 Å². The van der Waals surface area contributed by atoms with Gasteiger partial charge in [-0.3, -0.25) is 4.79 Å². The van der Waals surface area contributed by atoms with Crippen LogP contribution < -0.4 is 14.8 Å². The molecule has 3 rings (SSSR count). The van der Waals surface area contributed by atoms with Gasteiger partial charge in [-0.25, -0.2) is 0 Å². The number of carbonyl (C=O) groups excluding carboxylic acids is 1. The van der Waals surface area contributed by atoms with Crippen LogP contribution in [-0.4, -0.2) is 18.6 Å². The molecule has 0 aliphatic carbocycles. The first kappa shape index (κ1) is 18.3. The predicted octanol–water partition coefficient (Wildman–Crippen LogP) is 4.27. The summed E-state index contributed by atoms with van der Waals surface area (Å²) >= 11 is 0. The average molecular weight is 353 g/mol. The minimum Gasteiger partial charge on any atom is -0.497 e. The van der Waals surface area contributed by atoms with Crippen LogP contribution in [0, 0.1) is 13.8 Å². The number of hydrogen-bond donors (Lipinski definition) is 1. The molecule has 1 atom stereocenters. The SMILES string of the molecule is COc1ccc2c(c1)[C@H](NC(=O)Cc1ccc(C)c(C)c1)CC(C)(C)O2. The second-order valence-electron chi connectivity index (χ2n) is 7.69. The van der Waals surface area contributed by atoms with E-state index in [1.165, 1.54) is 11.1 Å². The van der Waals surface area contributed by atoms with Crippen LogP contribution in [0.5, 0.6) is 11.5 Å². The Morgan fingerprint density at radius 3 is 2.65 bits per heavy atom. The topological polar surface area (TPSA) is 47.6 Å². The molecule has 138 valence electrons. The van der Waals surface area contributed by atoms with Gasteiger partial charge in [0.25, 0.3) is 0 Å². The van der Waals surface area contributed by atoms with E-state index in [0.29, 0.717) is 12.8 Å². The van der Waals surface area contributed by atoms with Crippen LogP contribution in [0.25, 0.3) is 0 Å². The first-order chi connectivity index (χ1) is 12.3. The van der Waals surface area contributed by atoms with Crippen molar-refractivity contribution in [2.45, 2.75) is 52.2 Å². The highest BCUT2D eigenvalue weighted by Crippen LogP contribution is 2.41. The fourth-order valence-electron chi connectivity index (χ4n) is 3.43. The first-order valence-electron chi connectivity index (χ1n) is 9.00. The maximum Gasteiger partial charge on any atom is 0.224 e. The van der Waals surface area contributed by atoms with Gasteiger partial charge < -0.3 is 14.8 Å². The van der Waals surface area contributed by atoms with Gasteiger partial charge in [-0.05, 0) is 62.6 Å². The normalized spacial score (nSPS) is 17.8. The van der Waals surface area contributed by atoms with Crippen molar-refractivity contribution in [1.82, 2.24) is 5.32 Å². The number of amides is 1. The van der Waals surface area contributed by atoms with Crippen molar-refractivity contribution in [3.8, 4) is 11.5 Å². The van der Waals surface area contributed by atoms with Crippen LogP contribution in [0.15, 0.2) is 36.4 Å². The summed E-state index contributed by atoms with van der Waals surface area (Å²) < 4.78 is 11.4. The minimum absolute atomic E-state index is 0.0183. The van der Waals surface area contributed by atoms with Crippen molar-refractivity contribution < 1.29 is 14.3 Å². The molecule has 2 aromatic carbocycles. The Balaban J connectivity index is 1.79. The van der Waals surface area contributed by atoms with Crippen molar-refractivity contribution in [3.63, 3.8) is 0 Å². The molecule has 26 heavy (non-hydrogen) atoms. The third-order valence-corrected chi connectivity index (χ3v) is 4.95. The molecule has 1 heterocycles. The summed E-state index contributed by atoms with van der Waals surface area (Å²) in [5.41, 5.74) is 4.11. The number of carbonyl (C=O) groups is 1. The lowest BCUT2D eigenvalue weighted by Gasteiger charge is -2.38. The van der Waals surface area contributed by atoms with Gasteiger partial charge in [-0.1, -0.05) is 18.2 Å². The van der Waals surface area contributed by atoms with E-state index < -0.39 is 0 Å². The summed E-state index contributed by atoms with van der Waals surface area (Å²) in [6.45, 7) is 8.24. The average Bonchev–Trinajstić information content (AvgIpc) is 2.57. The predicted molar refractivity (Wildman–Crippen MR) is 103 cm³/mol. The molecule has 4 heteroatoms. The van der Waals surface area contributed by atoms with E-state index in [1.807, 2.05) is 38.1 Å². The smallest absolute Gasteiger partial charge is 0.224 e. The van der Waals surface area contributed by atoms with Gasteiger partial charge in [0.1, 0.15) is 17.1 Å². The monoisotopic (exact) mass is 353 g/mol. The fourth-order valence-corrected chi connectivity index (χ4v) is 3.43. The highest BCUT2D eigenvalue weighted by atomic mass is 16.5. The van der Waals surface area contributed by atoms with Gasteiger partial charge in [0.15, 0.2) is 0 Å². The Morgan fingerprint density at radius 2 is 1.96 bits per heavy atom. The Labute approximate surface area is 155 Å². The number of nitrogens with one attached hydrogen (secondary N) is 1. The van der Waals surface area contributed by atoms with E-state index in [2.05, 4.69) is 31.3 Å². The second-order valence-corrected chi connectivity index (χ2v) is 7.69. The van der Waals surface area contributed by atoms with E-state index in [9.17, 15) is 4.79 Å². The molecule has 0 spiro atoms. The number of hydrogen-bond acceptors (Lipinski definition) is 3. The molecule has 0 saturated heterocycles. The molecule has 1 aliphatic heterocycles. The zero-order chi connectivity index (χ0) is 18.9. The minimum atomic E-state index is -0.333. The zero-order valence-electron chi connectivity index (χ0n) is 16.2. The molecular weight excluding hydrogens is 326 g/mol. The second kappa shape index (κ2) is 7.02. The molecule has 0 saturated carbocycles. The molecule has 1 aliphatic rings. The van der Waals surface area contributed by atoms with Crippen molar-refractivity contribution in [1.29, 1.82) is 0 Å². The van der Waals surface area contributed by atoms with Crippen molar-refractivity contribution in [3.05, 3.63) is 58.7 Å². The molecule has 1 amide bonds. The van der Waals surface area contributed by atoms with E-state index in [1.54, 1.807) is 7.11 Å². The quantitative estimate of drug-likeness (QED) is 0.893. The number of fused-ring (bicyclic) bond motifs is 1. The third kappa shape index (κ3) is 4.01. The van der Waals surface area contributed by atoms with E-state index in [4.69, 9.17) is 9.47 Å².